The number of aryl methyl sites for hydroxylation is 2. The lowest BCUT2D eigenvalue weighted by Crippen LogP contribution is -2.42. The summed E-state index contributed by atoms with van der Waals surface area (Å²) in [7, 11) is 0. The summed E-state index contributed by atoms with van der Waals surface area (Å²) in [6, 6.07) is 20.9. The molecule has 0 bridgehead atoms. The zero-order chi connectivity index (χ0) is 21.8. The summed E-state index contributed by atoms with van der Waals surface area (Å²) in [5, 5.41) is 19.4. The number of rotatable bonds is 14. The van der Waals surface area contributed by atoms with E-state index >= 15 is 0 Å². The van der Waals surface area contributed by atoms with Crippen molar-refractivity contribution in [1.29, 1.82) is 0 Å². The van der Waals surface area contributed by atoms with E-state index in [2.05, 4.69) is 62.0 Å². The highest BCUT2D eigenvalue weighted by atomic mass is 16.7. The Labute approximate surface area is 182 Å². The Bertz CT molecular complexity index is 670. The third-order valence-electron chi connectivity index (χ3n) is 6.22. The summed E-state index contributed by atoms with van der Waals surface area (Å²) in [4.78, 5) is 0. The second-order valence-corrected chi connectivity index (χ2v) is 8.61. The smallest absolute Gasteiger partial charge is 0.267 e. The van der Waals surface area contributed by atoms with Crippen molar-refractivity contribution in [1.82, 2.24) is 0 Å². The second kappa shape index (κ2) is 12.7. The van der Waals surface area contributed by atoms with E-state index in [9.17, 15) is 10.2 Å². The van der Waals surface area contributed by atoms with Gasteiger partial charge < -0.3 is 14.9 Å². The first kappa shape index (κ1) is 24.3. The molecule has 0 aliphatic heterocycles. The SMILES string of the molecule is C=CC(C)CCCC(C)(OC(O)O)C(CCc1ccccc1)CCc1ccccc1. The number of hydrogen-bond donors (Lipinski definition) is 2. The molecule has 30 heavy (non-hydrogen) atoms. The summed E-state index contributed by atoms with van der Waals surface area (Å²) in [5.74, 6) is 0.652. The minimum absolute atomic E-state index is 0.207. The average molecular weight is 411 g/mol. The lowest BCUT2D eigenvalue weighted by Gasteiger charge is -2.39. The van der Waals surface area contributed by atoms with Gasteiger partial charge in [-0.3, -0.25) is 0 Å². The van der Waals surface area contributed by atoms with Gasteiger partial charge in [-0.1, -0.05) is 80.1 Å². The van der Waals surface area contributed by atoms with Crippen molar-refractivity contribution < 1.29 is 14.9 Å². The first-order chi connectivity index (χ1) is 14.4. The number of benzene rings is 2. The van der Waals surface area contributed by atoms with Crippen LogP contribution in [0.5, 0.6) is 0 Å². The predicted molar refractivity (Wildman–Crippen MR) is 124 cm³/mol. The Hall–Kier alpha value is -1.94. The van der Waals surface area contributed by atoms with Gasteiger partial charge >= 0.3 is 0 Å². The summed E-state index contributed by atoms with van der Waals surface area (Å²) < 4.78 is 5.78. The van der Waals surface area contributed by atoms with Crippen LogP contribution < -0.4 is 0 Å². The summed E-state index contributed by atoms with van der Waals surface area (Å²) >= 11 is 0. The van der Waals surface area contributed by atoms with Crippen LogP contribution in [-0.4, -0.2) is 22.3 Å². The fourth-order valence-corrected chi connectivity index (χ4v) is 4.22. The first-order valence-electron chi connectivity index (χ1n) is 11.2. The van der Waals surface area contributed by atoms with Gasteiger partial charge in [0.25, 0.3) is 6.48 Å². The van der Waals surface area contributed by atoms with Crippen LogP contribution in [0.1, 0.15) is 57.1 Å². The van der Waals surface area contributed by atoms with Crippen molar-refractivity contribution >= 4 is 0 Å². The van der Waals surface area contributed by atoms with Gasteiger partial charge in [0, 0.05) is 0 Å². The van der Waals surface area contributed by atoms with E-state index in [-0.39, 0.29) is 5.92 Å². The van der Waals surface area contributed by atoms with Gasteiger partial charge in [0.1, 0.15) is 0 Å². The fourth-order valence-electron chi connectivity index (χ4n) is 4.22. The molecule has 2 unspecified atom stereocenters. The van der Waals surface area contributed by atoms with Crippen LogP contribution in [0.25, 0.3) is 0 Å². The molecule has 0 radical (unpaired) electrons. The Morgan fingerprint density at radius 3 is 1.83 bits per heavy atom. The van der Waals surface area contributed by atoms with Crippen molar-refractivity contribution in [3.05, 3.63) is 84.4 Å². The topological polar surface area (TPSA) is 49.7 Å². The zero-order valence-corrected chi connectivity index (χ0v) is 18.5. The van der Waals surface area contributed by atoms with Crippen LogP contribution in [0.2, 0.25) is 0 Å². The third kappa shape index (κ3) is 8.43. The minimum Gasteiger partial charge on any atom is -0.346 e. The van der Waals surface area contributed by atoms with Gasteiger partial charge in [0.05, 0.1) is 5.60 Å². The maximum atomic E-state index is 9.68. The Morgan fingerprint density at radius 1 is 0.900 bits per heavy atom. The molecular formula is C27H38O3. The summed E-state index contributed by atoms with van der Waals surface area (Å²) in [6.07, 6.45) is 8.53. The molecule has 2 N–H and O–H groups in total. The number of hydrogen-bond acceptors (Lipinski definition) is 3. The van der Waals surface area contributed by atoms with E-state index in [1.165, 1.54) is 11.1 Å². The highest BCUT2D eigenvalue weighted by Gasteiger charge is 2.36. The molecule has 0 aromatic heterocycles. The van der Waals surface area contributed by atoms with Gasteiger partial charge in [-0.2, -0.15) is 0 Å². The van der Waals surface area contributed by atoms with E-state index in [0.29, 0.717) is 5.92 Å². The quantitative estimate of drug-likeness (QED) is 0.301. The molecule has 2 aromatic rings. The third-order valence-corrected chi connectivity index (χ3v) is 6.22. The highest BCUT2D eigenvalue weighted by Crippen LogP contribution is 2.36. The molecule has 0 aliphatic carbocycles. The minimum atomic E-state index is -1.76. The molecule has 0 spiro atoms. The monoisotopic (exact) mass is 410 g/mol. The van der Waals surface area contributed by atoms with Crippen LogP contribution >= 0.6 is 0 Å². The number of aliphatic hydroxyl groups excluding tert-OH is 1. The maximum Gasteiger partial charge on any atom is 0.267 e. The van der Waals surface area contributed by atoms with Crippen molar-refractivity contribution in [2.24, 2.45) is 11.8 Å². The van der Waals surface area contributed by atoms with Crippen LogP contribution in [0.4, 0.5) is 0 Å². The van der Waals surface area contributed by atoms with Crippen LogP contribution in [0, 0.1) is 11.8 Å². The highest BCUT2D eigenvalue weighted by molar-refractivity contribution is 5.16. The number of aliphatic hydroxyl groups is 2. The number of allylic oxidation sites excluding steroid dienone is 1. The van der Waals surface area contributed by atoms with Gasteiger partial charge in [-0.05, 0) is 68.4 Å². The summed E-state index contributed by atoms with van der Waals surface area (Å²) in [6.45, 7) is 6.32. The van der Waals surface area contributed by atoms with Gasteiger partial charge in [0.2, 0.25) is 0 Å². The maximum absolute atomic E-state index is 9.68. The van der Waals surface area contributed by atoms with Gasteiger partial charge in [-0.25, -0.2) is 0 Å². The molecular weight excluding hydrogens is 372 g/mol. The lowest BCUT2D eigenvalue weighted by atomic mass is 9.77. The van der Waals surface area contributed by atoms with Crippen LogP contribution in [0.3, 0.4) is 0 Å². The van der Waals surface area contributed by atoms with E-state index in [0.717, 1.165) is 44.9 Å². The van der Waals surface area contributed by atoms with Gasteiger partial charge in [0.15, 0.2) is 0 Å². The molecule has 0 heterocycles. The molecule has 0 saturated carbocycles. The summed E-state index contributed by atoms with van der Waals surface area (Å²) in [5.41, 5.74) is 2.00. The van der Waals surface area contributed by atoms with Crippen molar-refractivity contribution in [3.63, 3.8) is 0 Å². The van der Waals surface area contributed by atoms with E-state index in [1.807, 2.05) is 25.1 Å². The molecule has 2 rings (SSSR count). The zero-order valence-electron chi connectivity index (χ0n) is 18.5. The average Bonchev–Trinajstić information content (AvgIpc) is 2.74. The molecule has 2 atom stereocenters. The van der Waals surface area contributed by atoms with Gasteiger partial charge in [-0.15, -0.1) is 6.58 Å². The molecule has 0 amide bonds. The van der Waals surface area contributed by atoms with E-state index in [4.69, 9.17) is 4.74 Å². The normalized spacial score (nSPS) is 14.6. The van der Waals surface area contributed by atoms with Crippen molar-refractivity contribution in [2.45, 2.75) is 70.9 Å². The first-order valence-corrected chi connectivity index (χ1v) is 11.2. The predicted octanol–water partition coefficient (Wildman–Crippen LogP) is 5.90. The number of ether oxygens (including phenoxy) is 1. The molecule has 0 aliphatic rings. The fraction of sp³-hybridized carbons (Fsp3) is 0.481. The van der Waals surface area contributed by atoms with Crippen molar-refractivity contribution in [2.75, 3.05) is 0 Å². The molecule has 164 valence electrons. The van der Waals surface area contributed by atoms with E-state index < -0.39 is 12.1 Å². The molecule has 3 nitrogen and oxygen atoms in total. The standard InChI is InChI=1S/C27H38O3/c1-4-22(2)12-11-21-27(3,30-26(28)29)25(19-17-23-13-7-5-8-14-23)20-18-24-15-9-6-10-16-24/h4-10,13-16,22,25-26,28-29H,1,11-12,17-21H2,2-3H3. The molecule has 0 saturated heterocycles. The van der Waals surface area contributed by atoms with Crippen LogP contribution in [-0.2, 0) is 17.6 Å². The second-order valence-electron chi connectivity index (χ2n) is 8.61. The molecule has 0 fully saturated rings. The lowest BCUT2D eigenvalue weighted by molar-refractivity contribution is -0.296. The Kier molecular flexibility index (Phi) is 10.3. The van der Waals surface area contributed by atoms with Crippen LogP contribution in [0.15, 0.2) is 73.3 Å². The van der Waals surface area contributed by atoms with E-state index in [1.54, 1.807) is 0 Å². The largest absolute Gasteiger partial charge is 0.346 e. The van der Waals surface area contributed by atoms with Crippen molar-refractivity contribution in [3.8, 4) is 0 Å². The Morgan fingerprint density at radius 2 is 1.40 bits per heavy atom. The molecule has 3 heteroatoms. The Balaban J connectivity index is 2.14. The molecule has 2 aromatic carbocycles.